The zero-order valence-electron chi connectivity index (χ0n) is 15.8. The van der Waals surface area contributed by atoms with Crippen LogP contribution in [-0.2, 0) is 10.0 Å². The first-order chi connectivity index (χ1) is 13.8. The number of carbonyl (C=O) groups is 2. The van der Waals surface area contributed by atoms with Gasteiger partial charge in [0, 0.05) is 17.4 Å². The van der Waals surface area contributed by atoms with E-state index in [1.165, 1.54) is 24.3 Å². The summed E-state index contributed by atoms with van der Waals surface area (Å²) in [6.45, 7) is 3.55. The first kappa shape index (κ1) is 20.2. The first-order valence-corrected chi connectivity index (χ1v) is 10.2. The maximum Gasteiger partial charge on any atom is 0.286 e. The topological polar surface area (TPSA) is 120 Å². The second kappa shape index (κ2) is 8.19. The smallest absolute Gasteiger partial charge is 0.286 e. The zero-order chi connectivity index (χ0) is 21.0. The van der Waals surface area contributed by atoms with Crippen LogP contribution in [0.5, 0.6) is 0 Å². The lowest BCUT2D eigenvalue weighted by molar-refractivity contribution is 0.0844. The van der Waals surface area contributed by atoms with E-state index in [0.717, 1.165) is 5.56 Å². The molecule has 0 saturated heterocycles. The summed E-state index contributed by atoms with van der Waals surface area (Å²) in [5.41, 5.74) is 6.94. The average molecular weight is 412 g/mol. The number of hydrogen-bond acceptors (Lipinski definition) is 4. The Morgan fingerprint density at radius 2 is 1.59 bits per heavy atom. The van der Waals surface area contributed by atoms with Gasteiger partial charge in [-0.15, -0.1) is 0 Å². The molecule has 29 heavy (non-hydrogen) atoms. The zero-order valence-corrected chi connectivity index (χ0v) is 16.6. The molecule has 3 aromatic rings. The lowest BCUT2D eigenvalue weighted by Gasteiger charge is -2.12. The molecule has 2 aromatic carbocycles. The number of hydrazine groups is 1. The second-order valence-electron chi connectivity index (χ2n) is 6.44. The highest BCUT2D eigenvalue weighted by Crippen LogP contribution is 2.21. The molecular weight excluding hydrogens is 392 g/mol. The van der Waals surface area contributed by atoms with E-state index in [-0.39, 0.29) is 10.5 Å². The Hall–Kier alpha value is -3.59. The monoisotopic (exact) mass is 412 g/mol. The number of rotatable bonds is 5. The van der Waals surface area contributed by atoms with Gasteiger partial charge in [0.2, 0.25) is 0 Å². The molecule has 0 aliphatic rings. The summed E-state index contributed by atoms with van der Waals surface area (Å²) >= 11 is 0. The summed E-state index contributed by atoms with van der Waals surface area (Å²) in [5.74, 6) is -1.02. The Morgan fingerprint density at radius 1 is 0.897 bits per heavy atom. The molecule has 8 nitrogen and oxygen atoms in total. The highest BCUT2D eigenvalue weighted by molar-refractivity contribution is 7.92. The molecule has 0 aliphatic carbocycles. The number of carbonyl (C=O) groups excluding carboxylic acids is 2. The molecule has 0 unspecified atom stereocenters. The van der Waals surface area contributed by atoms with Crippen molar-refractivity contribution in [2.24, 2.45) is 0 Å². The molecule has 0 fully saturated rings. The van der Waals surface area contributed by atoms with Crippen LogP contribution in [0.1, 0.15) is 32.0 Å². The first-order valence-electron chi connectivity index (χ1n) is 8.70. The third kappa shape index (κ3) is 4.82. The lowest BCUT2D eigenvalue weighted by atomic mass is 10.2. The fourth-order valence-electron chi connectivity index (χ4n) is 2.62. The summed E-state index contributed by atoms with van der Waals surface area (Å²) < 4.78 is 27.8. The number of amides is 2. The molecular formula is C20H20N4O4S. The van der Waals surface area contributed by atoms with Crippen LogP contribution in [0.3, 0.4) is 0 Å². The molecule has 0 saturated carbocycles. The molecule has 0 spiro atoms. The molecule has 3 rings (SSSR count). The maximum atomic E-state index is 12.6. The molecule has 0 atom stereocenters. The normalized spacial score (nSPS) is 11.0. The van der Waals surface area contributed by atoms with Crippen molar-refractivity contribution >= 4 is 27.5 Å². The Bertz CT molecular complexity index is 1140. The van der Waals surface area contributed by atoms with E-state index in [9.17, 15) is 18.0 Å². The van der Waals surface area contributed by atoms with Crippen molar-refractivity contribution in [2.45, 2.75) is 18.7 Å². The van der Waals surface area contributed by atoms with E-state index >= 15 is 0 Å². The molecule has 0 bridgehead atoms. The molecule has 1 heterocycles. The van der Waals surface area contributed by atoms with Gasteiger partial charge >= 0.3 is 0 Å². The minimum Gasteiger partial charge on any atom is -0.357 e. The fourth-order valence-corrected chi connectivity index (χ4v) is 4.01. The second-order valence-corrected chi connectivity index (χ2v) is 8.09. The van der Waals surface area contributed by atoms with E-state index in [2.05, 4.69) is 20.6 Å². The van der Waals surface area contributed by atoms with Gasteiger partial charge in [-0.05, 0) is 67.4 Å². The van der Waals surface area contributed by atoms with Gasteiger partial charge in [-0.2, -0.15) is 0 Å². The van der Waals surface area contributed by atoms with Crippen molar-refractivity contribution < 1.29 is 18.0 Å². The molecule has 9 heteroatoms. The number of aromatic amines is 1. The van der Waals surface area contributed by atoms with Gasteiger partial charge in [-0.3, -0.25) is 25.2 Å². The number of H-pyrrole nitrogens is 1. The minimum absolute atomic E-state index is 0.200. The van der Waals surface area contributed by atoms with Crippen LogP contribution in [0.2, 0.25) is 0 Å². The van der Waals surface area contributed by atoms with Crippen LogP contribution < -0.4 is 15.6 Å². The third-order valence-electron chi connectivity index (χ3n) is 4.16. The fraction of sp³-hybridized carbons (Fsp3) is 0.100. The molecule has 2 amide bonds. The highest BCUT2D eigenvalue weighted by atomic mass is 32.2. The van der Waals surface area contributed by atoms with Crippen LogP contribution >= 0.6 is 0 Å². The van der Waals surface area contributed by atoms with Gasteiger partial charge in [-0.25, -0.2) is 8.42 Å². The number of benzene rings is 2. The van der Waals surface area contributed by atoms with Crippen LogP contribution in [0, 0.1) is 13.8 Å². The molecule has 0 aliphatic heterocycles. The standard InChI is InChI=1S/C20H20N4O4S/c1-13-5-6-14(2)18(12-13)29(27,28)24-16-9-7-15(8-10-16)19(25)22-23-20(26)17-4-3-11-21-17/h3-12,21,24H,1-2H3,(H,22,25)(H,23,26). The van der Waals surface area contributed by atoms with Gasteiger partial charge in [-0.1, -0.05) is 12.1 Å². The van der Waals surface area contributed by atoms with Crippen molar-refractivity contribution in [1.82, 2.24) is 15.8 Å². The van der Waals surface area contributed by atoms with Crippen LogP contribution in [-0.4, -0.2) is 25.2 Å². The van der Waals surface area contributed by atoms with E-state index in [4.69, 9.17) is 0 Å². The summed E-state index contributed by atoms with van der Waals surface area (Å²) in [4.78, 5) is 26.9. The van der Waals surface area contributed by atoms with Crippen molar-refractivity contribution in [2.75, 3.05) is 4.72 Å². The van der Waals surface area contributed by atoms with E-state index in [0.29, 0.717) is 16.9 Å². The quantitative estimate of drug-likeness (QED) is 0.481. The summed E-state index contributed by atoms with van der Waals surface area (Å²) in [7, 11) is -3.76. The number of anilines is 1. The van der Waals surface area contributed by atoms with Crippen LogP contribution in [0.4, 0.5) is 5.69 Å². The molecule has 150 valence electrons. The maximum absolute atomic E-state index is 12.6. The Labute approximate surface area is 168 Å². The van der Waals surface area contributed by atoms with E-state index < -0.39 is 21.8 Å². The van der Waals surface area contributed by atoms with Gasteiger partial charge in [0.05, 0.1) is 4.90 Å². The number of aromatic nitrogens is 1. The number of sulfonamides is 1. The largest absolute Gasteiger partial charge is 0.357 e. The number of nitrogens with one attached hydrogen (secondary N) is 4. The molecule has 4 N–H and O–H groups in total. The van der Waals surface area contributed by atoms with Gasteiger partial charge in [0.1, 0.15) is 5.69 Å². The van der Waals surface area contributed by atoms with Crippen molar-refractivity contribution in [3.63, 3.8) is 0 Å². The van der Waals surface area contributed by atoms with Gasteiger partial charge in [0.15, 0.2) is 0 Å². The van der Waals surface area contributed by atoms with Crippen LogP contribution in [0.25, 0.3) is 0 Å². The Morgan fingerprint density at radius 3 is 2.24 bits per heavy atom. The minimum atomic E-state index is -3.76. The van der Waals surface area contributed by atoms with Gasteiger partial charge in [0.25, 0.3) is 21.8 Å². The predicted molar refractivity (Wildman–Crippen MR) is 109 cm³/mol. The van der Waals surface area contributed by atoms with Crippen molar-refractivity contribution in [3.8, 4) is 0 Å². The summed E-state index contributed by atoms with van der Waals surface area (Å²) in [6, 6.07) is 14.3. The molecule has 1 aromatic heterocycles. The SMILES string of the molecule is Cc1ccc(C)c(S(=O)(=O)Nc2ccc(C(=O)NNC(=O)c3ccc[nH]3)cc2)c1. The number of aryl methyl sites for hydroxylation is 2. The molecule has 0 radical (unpaired) electrons. The van der Waals surface area contributed by atoms with Crippen LogP contribution in [0.15, 0.2) is 65.7 Å². The van der Waals surface area contributed by atoms with E-state index in [1.54, 1.807) is 37.4 Å². The summed E-state index contributed by atoms with van der Waals surface area (Å²) in [6.07, 6.45) is 1.59. The van der Waals surface area contributed by atoms with Gasteiger partial charge < -0.3 is 4.98 Å². The average Bonchev–Trinajstić information content (AvgIpc) is 3.23. The highest BCUT2D eigenvalue weighted by Gasteiger charge is 2.17. The number of hydrogen-bond donors (Lipinski definition) is 4. The van der Waals surface area contributed by atoms with Crippen molar-refractivity contribution in [1.29, 1.82) is 0 Å². The Balaban J connectivity index is 1.66. The third-order valence-corrected chi connectivity index (χ3v) is 5.69. The Kier molecular flexibility index (Phi) is 5.69. The van der Waals surface area contributed by atoms with E-state index in [1.807, 2.05) is 13.0 Å². The predicted octanol–water partition coefficient (Wildman–Crippen LogP) is 2.51. The lowest BCUT2D eigenvalue weighted by Crippen LogP contribution is -2.41. The summed E-state index contributed by atoms with van der Waals surface area (Å²) in [5, 5.41) is 0. The van der Waals surface area contributed by atoms with Crippen molar-refractivity contribution in [3.05, 3.63) is 83.2 Å².